The van der Waals surface area contributed by atoms with E-state index in [2.05, 4.69) is 0 Å². The molecule has 2 aromatic rings. The summed E-state index contributed by atoms with van der Waals surface area (Å²) in [4.78, 5) is 0. The summed E-state index contributed by atoms with van der Waals surface area (Å²) in [5.41, 5.74) is -4.31. The molecule has 9 heteroatoms. The first-order chi connectivity index (χ1) is 11.8. The second-order valence-electron chi connectivity index (χ2n) is 6.17. The molecule has 1 aliphatic rings. The predicted octanol–water partition coefficient (Wildman–Crippen LogP) is 4.95. The van der Waals surface area contributed by atoms with Gasteiger partial charge in [0.1, 0.15) is 7.05 Å². The van der Waals surface area contributed by atoms with E-state index in [4.69, 9.17) is 0 Å². The molecule has 0 bridgehead atoms. The number of fused-ring (bicyclic) bond motifs is 1. The van der Waals surface area contributed by atoms with Gasteiger partial charge in [-0.3, -0.25) is 0 Å². The van der Waals surface area contributed by atoms with Crippen LogP contribution in [0.15, 0.2) is 36.5 Å². The van der Waals surface area contributed by atoms with Gasteiger partial charge in [0.25, 0.3) is 0 Å². The highest BCUT2D eigenvalue weighted by molar-refractivity contribution is 5.70. The van der Waals surface area contributed by atoms with Crippen LogP contribution in [0.3, 0.4) is 0 Å². The van der Waals surface area contributed by atoms with Crippen LogP contribution in [0.4, 0.5) is 35.1 Å². The van der Waals surface area contributed by atoms with Crippen LogP contribution < -0.4 is 4.57 Å². The van der Waals surface area contributed by atoms with E-state index >= 15 is 0 Å². The lowest BCUT2D eigenvalue weighted by Gasteiger charge is -2.43. The number of hydrogen-bond donors (Lipinski definition) is 0. The van der Waals surface area contributed by atoms with Crippen molar-refractivity contribution >= 4 is 0 Å². The topological polar surface area (TPSA) is 3.88 Å². The van der Waals surface area contributed by atoms with Crippen LogP contribution in [0.2, 0.25) is 0 Å². The van der Waals surface area contributed by atoms with E-state index in [0.29, 0.717) is 6.07 Å². The summed E-state index contributed by atoms with van der Waals surface area (Å²) in [7, 11) is 1.39. The van der Waals surface area contributed by atoms with Gasteiger partial charge >= 0.3 is 23.7 Å². The van der Waals surface area contributed by atoms with Crippen LogP contribution in [0.25, 0.3) is 11.3 Å². The van der Waals surface area contributed by atoms with E-state index in [1.54, 1.807) is 0 Å². The molecule has 0 N–H and O–H groups in total. The van der Waals surface area contributed by atoms with Crippen LogP contribution in [0.1, 0.15) is 16.7 Å². The monoisotopic (exact) mass is 382 g/mol. The van der Waals surface area contributed by atoms with Crippen LogP contribution in [0.5, 0.6) is 0 Å². The van der Waals surface area contributed by atoms with Crippen molar-refractivity contribution < 1.29 is 39.7 Å². The molecule has 140 valence electrons. The molecule has 0 saturated carbocycles. The number of hydrogen-bond acceptors (Lipinski definition) is 0. The van der Waals surface area contributed by atoms with E-state index < -0.39 is 40.4 Å². The maximum absolute atomic E-state index is 14.5. The highest BCUT2D eigenvalue weighted by Gasteiger charge is 2.85. The summed E-state index contributed by atoms with van der Waals surface area (Å²) in [5, 5.41) is 0. The van der Waals surface area contributed by atoms with Crippen molar-refractivity contribution in [2.24, 2.45) is 7.05 Å². The maximum Gasteiger partial charge on any atom is 0.382 e. The molecule has 0 unspecified atom stereocenters. The van der Waals surface area contributed by atoms with Crippen molar-refractivity contribution in [2.75, 3.05) is 0 Å². The van der Waals surface area contributed by atoms with Gasteiger partial charge in [-0.1, -0.05) is 12.1 Å². The number of halogens is 8. The Morgan fingerprint density at radius 2 is 1.35 bits per heavy atom. The molecule has 3 rings (SSSR count). The van der Waals surface area contributed by atoms with Gasteiger partial charge in [-0.05, 0) is 18.6 Å². The third-order valence-electron chi connectivity index (χ3n) is 4.56. The average molecular weight is 382 g/mol. The molecule has 1 aromatic carbocycles. The molecule has 0 radical (unpaired) electrons. The Kier molecular flexibility index (Phi) is 3.70. The lowest BCUT2D eigenvalue weighted by molar-refractivity contribution is -0.660. The summed E-state index contributed by atoms with van der Waals surface area (Å²) in [5.74, 6) is -23.5. The van der Waals surface area contributed by atoms with Crippen molar-refractivity contribution in [2.45, 2.75) is 30.6 Å². The fourth-order valence-corrected chi connectivity index (χ4v) is 3.13. The SMILES string of the molecule is Cc1ccc2c(c1-c1cccc[n+]1C)C(F)(F)C(F)(F)C(F)(F)C2(F)F. The molecule has 1 heterocycles. The van der Waals surface area contributed by atoms with Gasteiger partial charge in [-0.2, -0.15) is 35.1 Å². The Labute approximate surface area is 142 Å². The Balaban J connectivity index is 2.51. The largest absolute Gasteiger partial charge is 0.382 e. The first kappa shape index (κ1) is 18.6. The number of aromatic nitrogens is 1. The molecule has 26 heavy (non-hydrogen) atoms. The number of nitrogens with zero attached hydrogens (tertiary/aromatic N) is 1. The molecule has 1 aliphatic carbocycles. The van der Waals surface area contributed by atoms with Crippen LogP contribution >= 0.6 is 0 Å². The molecule has 1 aromatic heterocycles. The van der Waals surface area contributed by atoms with E-state index in [-0.39, 0.29) is 11.3 Å². The second-order valence-corrected chi connectivity index (χ2v) is 6.17. The van der Waals surface area contributed by atoms with Crippen LogP contribution in [-0.2, 0) is 18.9 Å². The lowest BCUT2D eigenvalue weighted by atomic mass is 9.76. The molecule has 0 aliphatic heterocycles. The standard InChI is InChI=1S/C17H12F8N/c1-9-6-7-10-13(12(9)11-5-3-4-8-26(11)2)15(20,21)17(24,25)16(22,23)14(10,18)19/h3-8H,1-2H3/q+1. The highest BCUT2D eigenvalue weighted by Crippen LogP contribution is 2.65. The third kappa shape index (κ3) is 1.99. The Morgan fingerprint density at radius 1 is 0.769 bits per heavy atom. The van der Waals surface area contributed by atoms with Gasteiger partial charge in [-0.15, -0.1) is 0 Å². The second kappa shape index (κ2) is 5.17. The van der Waals surface area contributed by atoms with E-state index in [1.807, 2.05) is 0 Å². The summed E-state index contributed by atoms with van der Waals surface area (Å²) in [6.07, 6.45) is 1.39. The Morgan fingerprint density at radius 3 is 1.92 bits per heavy atom. The first-order valence-corrected chi connectivity index (χ1v) is 7.39. The molecule has 0 saturated heterocycles. The van der Waals surface area contributed by atoms with Gasteiger partial charge in [0, 0.05) is 17.7 Å². The fourth-order valence-electron chi connectivity index (χ4n) is 3.13. The van der Waals surface area contributed by atoms with E-state index in [1.165, 1.54) is 42.9 Å². The summed E-state index contributed by atoms with van der Waals surface area (Å²) in [6.45, 7) is 1.25. The van der Waals surface area contributed by atoms with E-state index in [9.17, 15) is 35.1 Å². The molecular formula is C17H12F8N+. The highest BCUT2D eigenvalue weighted by atomic mass is 19.4. The van der Waals surface area contributed by atoms with Crippen LogP contribution in [-0.4, -0.2) is 11.8 Å². The molecule has 0 amide bonds. The average Bonchev–Trinajstić information content (AvgIpc) is 2.53. The summed E-state index contributed by atoms with van der Waals surface area (Å²) < 4.78 is 114. The van der Waals surface area contributed by atoms with Gasteiger partial charge in [0.15, 0.2) is 6.20 Å². The minimum atomic E-state index is -6.27. The predicted molar refractivity (Wildman–Crippen MR) is 75.5 cm³/mol. The zero-order valence-corrected chi connectivity index (χ0v) is 13.4. The zero-order chi connectivity index (χ0) is 19.7. The van der Waals surface area contributed by atoms with Gasteiger partial charge in [0.2, 0.25) is 5.69 Å². The maximum atomic E-state index is 14.5. The van der Waals surface area contributed by atoms with Gasteiger partial charge < -0.3 is 0 Å². The summed E-state index contributed by atoms with van der Waals surface area (Å²) >= 11 is 0. The molecule has 0 spiro atoms. The lowest BCUT2D eigenvalue weighted by Crippen LogP contribution is -2.64. The van der Waals surface area contributed by atoms with Gasteiger partial charge in [-0.25, -0.2) is 4.57 Å². The number of benzene rings is 1. The van der Waals surface area contributed by atoms with Crippen molar-refractivity contribution in [1.82, 2.24) is 0 Å². The number of rotatable bonds is 1. The Hall–Kier alpha value is -2.19. The number of alkyl halides is 8. The Bertz CT molecular complexity index is 888. The molecular weight excluding hydrogens is 370 g/mol. The third-order valence-corrected chi connectivity index (χ3v) is 4.56. The quantitative estimate of drug-likeness (QED) is 0.485. The fraction of sp³-hybridized carbons (Fsp3) is 0.353. The van der Waals surface area contributed by atoms with Crippen molar-refractivity contribution in [3.05, 3.63) is 53.2 Å². The normalized spacial score (nSPS) is 21.9. The van der Waals surface area contributed by atoms with Crippen molar-refractivity contribution in [3.63, 3.8) is 0 Å². The van der Waals surface area contributed by atoms with Crippen molar-refractivity contribution in [1.29, 1.82) is 0 Å². The van der Waals surface area contributed by atoms with Crippen molar-refractivity contribution in [3.8, 4) is 11.3 Å². The number of aryl methyl sites for hydroxylation is 2. The minimum Gasteiger partial charge on any atom is -0.201 e. The zero-order valence-electron chi connectivity index (χ0n) is 13.4. The van der Waals surface area contributed by atoms with E-state index in [0.717, 1.165) is 6.07 Å². The molecule has 0 fully saturated rings. The van der Waals surface area contributed by atoms with Gasteiger partial charge in [0.05, 0.1) is 11.1 Å². The first-order valence-electron chi connectivity index (χ1n) is 7.39. The molecule has 0 atom stereocenters. The molecule has 1 nitrogen and oxygen atoms in total. The number of pyridine rings is 1. The minimum absolute atomic E-state index is 0.0259. The summed E-state index contributed by atoms with van der Waals surface area (Å²) in [6, 6.07) is 5.43. The smallest absolute Gasteiger partial charge is 0.201 e. The van der Waals surface area contributed by atoms with Crippen LogP contribution in [0, 0.1) is 6.92 Å².